The predicted molar refractivity (Wildman–Crippen MR) is 99.8 cm³/mol. The van der Waals surface area contributed by atoms with E-state index >= 15 is 0 Å². The van der Waals surface area contributed by atoms with Crippen molar-refractivity contribution >= 4 is 23.4 Å². The minimum atomic E-state index is -0.825. The molecule has 1 saturated heterocycles. The largest absolute Gasteiger partial charge is 0.322 e. The van der Waals surface area contributed by atoms with Crippen molar-refractivity contribution in [3.05, 3.63) is 78.4 Å². The lowest BCUT2D eigenvalue weighted by Crippen LogP contribution is -2.45. The molecule has 0 N–H and O–H groups in total. The zero-order valence-corrected chi connectivity index (χ0v) is 14.6. The van der Waals surface area contributed by atoms with E-state index in [-0.39, 0.29) is 30.7 Å². The van der Waals surface area contributed by atoms with Gasteiger partial charge in [0, 0.05) is 12.1 Å². The average molecular weight is 348 g/mol. The fourth-order valence-electron chi connectivity index (χ4n) is 3.06. The van der Waals surface area contributed by atoms with Crippen LogP contribution >= 0.6 is 0 Å². The second-order valence-corrected chi connectivity index (χ2v) is 6.24. The van der Waals surface area contributed by atoms with E-state index in [2.05, 4.69) is 6.58 Å². The summed E-state index contributed by atoms with van der Waals surface area (Å²) in [5.74, 6) is -0.980. The highest BCUT2D eigenvalue weighted by Crippen LogP contribution is 2.26. The van der Waals surface area contributed by atoms with Gasteiger partial charge in [-0.05, 0) is 31.2 Å². The first-order valence-electron chi connectivity index (χ1n) is 8.43. The van der Waals surface area contributed by atoms with Crippen LogP contribution in [0.2, 0.25) is 0 Å². The first-order chi connectivity index (χ1) is 12.5. The van der Waals surface area contributed by atoms with E-state index in [1.807, 2.05) is 25.1 Å². The molecule has 0 aliphatic carbocycles. The van der Waals surface area contributed by atoms with E-state index in [1.54, 1.807) is 42.5 Å². The Bertz CT molecular complexity index is 843. The van der Waals surface area contributed by atoms with Crippen LogP contribution in [0, 0.1) is 6.92 Å². The number of nitrogens with zero attached hydrogens (tertiary/aromatic N) is 2. The van der Waals surface area contributed by atoms with Gasteiger partial charge in [0.05, 0.1) is 12.1 Å². The highest BCUT2D eigenvalue weighted by Gasteiger charge is 2.44. The molecule has 3 amide bonds. The van der Waals surface area contributed by atoms with Crippen molar-refractivity contribution in [1.29, 1.82) is 0 Å². The summed E-state index contributed by atoms with van der Waals surface area (Å²) in [7, 11) is 0. The van der Waals surface area contributed by atoms with Crippen LogP contribution in [-0.2, 0) is 9.59 Å². The maximum Gasteiger partial charge on any atom is 0.257 e. The van der Waals surface area contributed by atoms with E-state index in [1.165, 1.54) is 4.90 Å². The molecule has 0 bridgehead atoms. The van der Waals surface area contributed by atoms with Gasteiger partial charge >= 0.3 is 0 Å². The first kappa shape index (κ1) is 17.6. The minimum Gasteiger partial charge on any atom is -0.322 e. The Morgan fingerprint density at radius 3 is 2.42 bits per heavy atom. The van der Waals surface area contributed by atoms with Crippen LogP contribution in [0.4, 0.5) is 5.69 Å². The van der Waals surface area contributed by atoms with Crippen molar-refractivity contribution in [2.45, 2.75) is 19.4 Å². The SMILES string of the molecule is C=CCN(C(=O)c1ccc(C)cc1)C1CC(=O)N(c2ccccc2)C1=O. The smallest absolute Gasteiger partial charge is 0.257 e. The molecule has 1 atom stereocenters. The summed E-state index contributed by atoms with van der Waals surface area (Å²) in [6, 6.07) is 15.1. The number of hydrogen-bond donors (Lipinski definition) is 0. The monoisotopic (exact) mass is 348 g/mol. The quantitative estimate of drug-likeness (QED) is 0.617. The summed E-state index contributed by atoms with van der Waals surface area (Å²) in [5, 5.41) is 0. The number of aryl methyl sites for hydroxylation is 1. The van der Waals surface area contributed by atoms with E-state index in [4.69, 9.17) is 0 Å². The molecule has 1 aliphatic heterocycles. The van der Waals surface area contributed by atoms with Gasteiger partial charge in [-0.2, -0.15) is 0 Å². The molecule has 132 valence electrons. The number of carbonyl (C=O) groups excluding carboxylic acids is 3. The van der Waals surface area contributed by atoms with Crippen LogP contribution < -0.4 is 4.90 Å². The average Bonchev–Trinajstić information content (AvgIpc) is 2.94. The van der Waals surface area contributed by atoms with Gasteiger partial charge in [0.25, 0.3) is 11.8 Å². The molecule has 1 aliphatic rings. The summed E-state index contributed by atoms with van der Waals surface area (Å²) in [6.07, 6.45) is 1.54. The maximum absolute atomic E-state index is 12.9. The molecule has 3 rings (SSSR count). The number of imide groups is 1. The van der Waals surface area contributed by atoms with Crippen molar-refractivity contribution < 1.29 is 14.4 Å². The van der Waals surface area contributed by atoms with Gasteiger partial charge in [-0.15, -0.1) is 6.58 Å². The van der Waals surface area contributed by atoms with Crippen molar-refractivity contribution in [3.63, 3.8) is 0 Å². The fraction of sp³-hybridized carbons (Fsp3) is 0.190. The summed E-state index contributed by atoms with van der Waals surface area (Å²) in [4.78, 5) is 40.8. The summed E-state index contributed by atoms with van der Waals surface area (Å²) in [6.45, 7) is 5.81. The lowest BCUT2D eigenvalue weighted by molar-refractivity contribution is -0.122. The molecule has 5 nitrogen and oxygen atoms in total. The normalized spacial score (nSPS) is 16.7. The number of amides is 3. The standard InChI is InChI=1S/C21H20N2O3/c1-3-13-22(20(25)16-11-9-15(2)10-12-16)18-14-19(24)23(21(18)26)17-7-5-4-6-8-17/h3-12,18H,1,13-14H2,2H3. The minimum absolute atomic E-state index is 0.0286. The zero-order valence-electron chi connectivity index (χ0n) is 14.6. The molecule has 26 heavy (non-hydrogen) atoms. The van der Waals surface area contributed by atoms with Crippen molar-refractivity contribution in [2.75, 3.05) is 11.4 Å². The van der Waals surface area contributed by atoms with Gasteiger partial charge in [0.2, 0.25) is 5.91 Å². The molecule has 1 heterocycles. The number of hydrogen-bond acceptors (Lipinski definition) is 3. The van der Waals surface area contributed by atoms with Crippen LogP contribution in [0.5, 0.6) is 0 Å². The van der Waals surface area contributed by atoms with E-state index in [9.17, 15) is 14.4 Å². The molecule has 1 unspecified atom stereocenters. The van der Waals surface area contributed by atoms with E-state index in [0.717, 1.165) is 10.5 Å². The molecular formula is C21H20N2O3. The summed E-state index contributed by atoms with van der Waals surface area (Å²) in [5.41, 5.74) is 2.04. The topological polar surface area (TPSA) is 57.7 Å². The third-order valence-electron chi connectivity index (χ3n) is 4.40. The zero-order chi connectivity index (χ0) is 18.7. The van der Waals surface area contributed by atoms with E-state index < -0.39 is 6.04 Å². The Morgan fingerprint density at radius 1 is 1.15 bits per heavy atom. The second kappa shape index (κ2) is 7.35. The Hall–Kier alpha value is -3.21. The van der Waals surface area contributed by atoms with Crippen LogP contribution in [-0.4, -0.2) is 35.2 Å². The summed E-state index contributed by atoms with van der Waals surface area (Å²) >= 11 is 0. The van der Waals surface area contributed by atoms with Gasteiger partial charge in [-0.1, -0.05) is 42.0 Å². The number of anilines is 1. The molecule has 1 fully saturated rings. The number of carbonyl (C=O) groups is 3. The molecular weight excluding hydrogens is 328 g/mol. The second-order valence-electron chi connectivity index (χ2n) is 6.24. The number of benzene rings is 2. The summed E-state index contributed by atoms with van der Waals surface area (Å²) < 4.78 is 0. The lowest BCUT2D eigenvalue weighted by atomic mass is 10.1. The van der Waals surface area contributed by atoms with Crippen molar-refractivity contribution in [1.82, 2.24) is 4.90 Å². The molecule has 5 heteroatoms. The molecule has 0 spiro atoms. The lowest BCUT2D eigenvalue weighted by Gasteiger charge is -2.26. The van der Waals surface area contributed by atoms with Crippen molar-refractivity contribution in [2.24, 2.45) is 0 Å². The van der Waals surface area contributed by atoms with Crippen LogP contribution in [0.1, 0.15) is 22.3 Å². The first-order valence-corrected chi connectivity index (χ1v) is 8.43. The molecule has 0 radical (unpaired) electrons. The van der Waals surface area contributed by atoms with Crippen LogP contribution in [0.3, 0.4) is 0 Å². The van der Waals surface area contributed by atoms with Gasteiger partial charge in [0.15, 0.2) is 0 Å². The highest BCUT2D eigenvalue weighted by atomic mass is 16.2. The van der Waals surface area contributed by atoms with Crippen LogP contribution in [0.25, 0.3) is 0 Å². The third-order valence-corrected chi connectivity index (χ3v) is 4.40. The Morgan fingerprint density at radius 2 is 1.81 bits per heavy atom. The number of para-hydroxylation sites is 1. The number of rotatable bonds is 5. The Kier molecular flexibility index (Phi) is 4.98. The van der Waals surface area contributed by atoms with Gasteiger partial charge in [-0.25, -0.2) is 4.90 Å². The maximum atomic E-state index is 12.9. The third kappa shape index (κ3) is 3.28. The fourth-order valence-corrected chi connectivity index (χ4v) is 3.06. The van der Waals surface area contributed by atoms with Gasteiger partial charge in [0.1, 0.15) is 6.04 Å². The van der Waals surface area contributed by atoms with Crippen molar-refractivity contribution in [3.8, 4) is 0 Å². The highest BCUT2D eigenvalue weighted by molar-refractivity contribution is 6.23. The predicted octanol–water partition coefficient (Wildman–Crippen LogP) is 2.96. The molecule has 2 aromatic rings. The Labute approximate surface area is 152 Å². The van der Waals surface area contributed by atoms with Crippen LogP contribution in [0.15, 0.2) is 67.3 Å². The van der Waals surface area contributed by atoms with Gasteiger partial charge in [-0.3, -0.25) is 14.4 Å². The Balaban J connectivity index is 1.90. The molecule has 0 saturated carbocycles. The molecule has 2 aromatic carbocycles. The molecule has 0 aromatic heterocycles. The van der Waals surface area contributed by atoms with E-state index in [0.29, 0.717) is 11.3 Å². The van der Waals surface area contributed by atoms with Gasteiger partial charge < -0.3 is 4.90 Å².